The predicted octanol–water partition coefficient (Wildman–Crippen LogP) is 0.885. The molecule has 2 unspecified atom stereocenters. The molecule has 0 bridgehead atoms. The number of carboxylic acid groups (broad SMARTS) is 1. The van der Waals surface area contributed by atoms with Crippen LogP contribution in [0.3, 0.4) is 0 Å². The van der Waals surface area contributed by atoms with Crippen molar-refractivity contribution in [3.8, 4) is 0 Å². The van der Waals surface area contributed by atoms with Gasteiger partial charge in [-0.3, -0.25) is 14.5 Å². The van der Waals surface area contributed by atoms with Crippen molar-refractivity contribution < 1.29 is 33.9 Å². The van der Waals surface area contributed by atoms with Gasteiger partial charge in [-0.05, 0) is 39.7 Å². The van der Waals surface area contributed by atoms with E-state index < -0.39 is 47.3 Å². The molecular formula is C26H30N8O7S3. The number of thiophene rings is 1. The topological polar surface area (TPSA) is 200 Å². The Morgan fingerprint density at radius 2 is 2.05 bits per heavy atom. The normalized spacial score (nSPS) is 20.4. The maximum absolute atomic E-state index is 13.4. The van der Waals surface area contributed by atoms with Gasteiger partial charge in [0, 0.05) is 39.5 Å². The first-order valence-electron chi connectivity index (χ1n) is 13.5. The summed E-state index contributed by atoms with van der Waals surface area (Å²) in [6.07, 6.45) is 0. The summed E-state index contributed by atoms with van der Waals surface area (Å²) >= 11 is 3.64. The van der Waals surface area contributed by atoms with Crippen LogP contribution in [0, 0.1) is 5.21 Å². The molecule has 5 rings (SSSR count). The molecule has 3 atom stereocenters. The molecular weight excluding hydrogens is 633 g/mol. The number of β-lactam (4-membered cyclic amide) rings is 1. The fourth-order valence-electron chi connectivity index (χ4n) is 4.68. The van der Waals surface area contributed by atoms with E-state index in [-0.39, 0.29) is 29.2 Å². The highest BCUT2D eigenvalue weighted by atomic mass is 32.2. The van der Waals surface area contributed by atoms with E-state index in [1.165, 1.54) is 23.1 Å². The highest BCUT2D eigenvalue weighted by Crippen LogP contribution is 2.41. The zero-order valence-corrected chi connectivity index (χ0v) is 26.3. The van der Waals surface area contributed by atoms with Crippen LogP contribution in [-0.2, 0) is 19.8 Å². The number of nitrogens with zero attached hydrogens (tertiary/aromatic N) is 4. The number of aliphatic carboxylic acids is 1. The van der Waals surface area contributed by atoms with Crippen molar-refractivity contribution in [1.29, 1.82) is 0 Å². The molecule has 5 heterocycles. The monoisotopic (exact) mass is 662 g/mol. The third kappa shape index (κ3) is 6.41. The smallest absolute Gasteiger partial charge is 0.352 e. The van der Waals surface area contributed by atoms with Crippen LogP contribution in [0.1, 0.15) is 37.4 Å². The second-order valence-corrected chi connectivity index (χ2v) is 14.1. The van der Waals surface area contributed by atoms with Gasteiger partial charge in [-0.1, -0.05) is 26.8 Å². The quantitative estimate of drug-likeness (QED) is 0.111. The van der Waals surface area contributed by atoms with Crippen LogP contribution < -0.4 is 26.2 Å². The van der Waals surface area contributed by atoms with E-state index in [1.807, 2.05) is 20.8 Å². The highest BCUT2D eigenvalue weighted by Gasteiger charge is 2.54. The summed E-state index contributed by atoms with van der Waals surface area (Å²) in [7, 11) is 0. The van der Waals surface area contributed by atoms with Crippen molar-refractivity contribution in [2.45, 2.75) is 48.7 Å². The zero-order valence-electron chi connectivity index (χ0n) is 23.9. The Labute approximate surface area is 264 Å². The summed E-state index contributed by atoms with van der Waals surface area (Å²) in [4.78, 5) is 65.4. The van der Waals surface area contributed by atoms with E-state index >= 15 is 0 Å². The second-order valence-electron chi connectivity index (χ2n) is 11.0. The van der Waals surface area contributed by atoms with E-state index in [1.54, 1.807) is 29.6 Å². The van der Waals surface area contributed by atoms with E-state index in [9.17, 15) is 34.3 Å². The number of carbonyl (C=O) groups excluding carboxylic acids is 4. The Morgan fingerprint density at radius 1 is 1.27 bits per heavy atom. The van der Waals surface area contributed by atoms with Crippen LogP contribution in [-0.4, -0.2) is 86.0 Å². The average molecular weight is 663 g/mol. The van der Waals surface area contributed by atoms with E-state index in [0.29, 0.717) is 32.6 Å². The van der Waals surface area contributed by atoms with Crippen molar-refractivity contribution >= 4 is 64.7 Å². The number of carbonyl (C=O) groups is 5. The standard InChI is InChI=1S/C26H30N8O7S3/c1-26(2,3)15-6-7-16(34(41)30-15)43-11-13-12-44-22-18(21(36)33(22)19(13)23(37)38)28-20(35)17(14-5-4-10-42-14)29-24(39)31-32-9-8-27-25(32)40/h4-7,10,17-18,22H,8-9,11-12H2,1-3H3,(H,27,40)(H,28,35)(H,37,38)(H2,29,31,39)/t17?,18-,22?/m0/s1. The van der Waals surface area contributed by atoms with Gasteiger partial charge >= 0.3 is 18.0 Å². The number of thioether (sulfide) groups is 2. The number of rotatable bonds is 9. The van der Waals surface area contributed by atoms with Crippen LogP contribution in [0.15, 0.2) is 45.9 Å². The maximum atomic E-state index is 13.4. The van der Waals surface area contributed by atoms with Gasteiger partial charge in [-0.25, -0.2) is 24.8 Å². The number of aromatic nitrogens is 2. The Bertz CT molecular complexity index is 1530. The molecule has 2 aromatic heterocycles. The molecule has 0 aromatic carbocycles. The molecule has 5 N–H and O–H groups in total. The number of fused-ring (bicyclic) bond motifs is 1. The minimum atomic E-state index is -1.29. The van der Waals surface area contributed by atoms with Gasteiger partial charge < -0.3 is 26.3 Å². The number of hydrogen-bond acceptors (Lipinski definition) is 10. The molecule has 0 saturated carbocycles. The second kappa shape index (κ2) is 12.5. The summed E-state index contributed by atoms with van der Waals surface area (Å²) in [5.41, 5.74) is 2.98. The lowest BCUT2D eigenvalue weighted by molar-refractivity contribution is -0.707. The van der Waals surface area contributed by atoms with Gasteiger partial charge in [0.05, 0.1) is 6.54 Å². The van der Waals surface area contributed by atoms with Gasteiger partial charge in [0.2, 0.25) is 5.91 Å². The number of hydrogen-bond donors (Lipinski definition) is 5. The van der Waals surface area contributed by atoms with Crippen LogP contribution in [0.25, 0.3) is 0 Å². The van der Waals surface area contributed by atoms with Crippen LogP contribution in [0.5, 0.6) is 0 Å². The minimum Gasteiger partial charge on any atom is -0.593 e. The lowest BCUT2D eigenvalue weighted by atomic mass is 9.92. The molecule has 2 saturated heterocycles. The first-order valence-corrected chi connectivity index (χ1v) is 16.4. The SMILES string of the molecule is CC(C)(C)c1ccc(SCC2=C(C(=O)O)N3C(=O)[C@H](NC(=O)C(NC(=O)NN4CCNC4=O)c4cccs4)C3SC2)[n+]([O-])n1. The van der Waals surface area contributed by atoms with Gasteiger partial charge in [0.25, 0.3) is 10.9 Å². The summed E-state index contributed by atoms with van der Waals surface area (Å²) in [5.74, 6) is -2.15. The third-order valence-electron chi connectivity index (χ3n) is 6.94. The van der Waals surface area contributed by atoms with Gasteiger partial charge in [0.1, 0.15) is 28.8 Å². The summed E-state index contributed by atoms with van der Waals surface area (Å²) in [6, 6.07) is 3.29. The number of hydrazine groups is 1. The minimum absolute atomic E-state index is 0.148. The van der Waals surface area contributed by atoms with Crippen LogP contribution in [0.2, 0.25) is 0 Å². The predicted molar refractivity (Wildman–Crippen MR) is 161 cm³/mol. The Kier molecular flexibility index (Phi) is 8.94. The van der Waals surface area contributed by atoms with Crippen molar-refractivity contribution in [3.05, 3.63) is 56.7 Å². The number of nitrogens with one attached hydrogen (secondary N) is 4. The molecule has 3 aliphatic heterocycles. The van der Waals surface area contributed by atoms with Crippen molar-refractivity contribution in [2.24, 2.45) is 0 Å². The lowest BCUT2D eigenvalue weighted by Gasteiger charge is -2.49. The zero-order chi connectivity index (χ0) is 31.8. The van der Waals surface area contributed by atoms with E-state index in [0.717, 1.165) is 21.7 Å². The molecule has 234 valence electrons. The number of amides is 6. The molecule has 18 heteroatoms. The molecule has 2 fully saturated rings. The first kappa shape index (κ1) is 31.4. The van der Waals surface area contributed by atoms with Gasteiger partial charge in [-0.2, -0.15) is 0 Å². The van der Waals surface area contributed by atoms with Crippen LogP contribution in [0.4, 0.5) is 9.59 Å². The highest BCUT2D eigenvalue weighted by molar-refractivity contribution is 8.01. The van der Waals surface area contributed by atoms with Gasteiger partial charge in [0.15, 0.2) is 0 Å². The largest absolute Gasteiger partial charge is 0.593 e. The molecule has 44 heavy (non-hydrogen) atoms. The number of urea groups is 2. The fraction of sp³-hybridized carbons (Fsp3) is 0.423. The summed E-state index contributed by atoms with van der Waals surface area (Å²) in [5, 5.41) is 36.8. The Hall–Kier alpha value is -4.03. The first-order chi connectivity index (χ1) is 20.8. The fourth-order valence-corrected chi connectivity index (χ4v) is 7.80. The summed E-state index contributed by atoms with van der Waals surface area (Å²) in [6.45, 7) is 6.43. The molecule has 15 nitrogen and oxygen atoms in total. The van der Waals surface area contributed by atoms with E-state index in [4.69, 9.17) is 0 Å². The average Bonchev–Trinajstić information content (AvgIpc) is 3.64. The van der Waals surface area contributed by atoms with Crippen molar-refractivity contribution in [1.82, 2.24) is 36.4 Å². The Morgan fingerprint density at radius 3 is 2.66 bits per heavy atom. The van der Waals surface area contributed by atoms with Crippen LogP contribution >= 0.6 is 34.9 Å². The lowest BCUT2D eigenvalue weighted by Crippen LogP contribution is -2.71. The molecule has 2 aromatic rings. The molecule has 3 aliphatic rings. The molecule has 6 amide bonds. The molecule has 0 spiro atoms. The molecule has 0 radical (unpaired) electrons. The number of carboxylic acids is 1. The van der Waals surface area contributed by atoms with Gasteiger partial charge in [-0.15, -0.1) is 23.1 Å². The summed E-state index contributed by atoms with van der Waals surface area (Å²) < 4.78 is 0. The van der Waals surface area contributed by atoms with E-state index in [2.05, 4.69) is 26.5 Å². The van der Waals surface area contributed by atoms with Crippen molar-refractivity contribution in [2.75, 3.05) is 24.6 Å². The Balaban J connectivity index is 1.26. The van der Waals surface area contributed by atoms with Crippen molar-refractivity contribution in [3.63, 3.8) is 0 Å². The maximum Gasteiger partial charge on any atom is 0.352 e. The third-order valence-corrected chi connectivity index (χ3v) is 10.3. The molecule has 0 aliphatic carbocycles.